The van der Waals surface area contributed by atoms with E-state index in [9.17, 15) is 23.7 Å². The number of halogens is 2. The number of rotatable bonds is 3. The number of benzene rings is 1. The number of hydrogen-bond donors (Lipinski definition) is 3. The lowest BCUT2D eigenvalue weighted by atomic mass is 10.1. The van der Waals surface area contributed by atoms with Crippen molar-refractivity contribution in [2.45, 2.75) is 29.7 Å². The highest BCUT2D eigenvalue weighted by atomic mass is 35.5. The van der Waals surface area contributed by atoms with Gasteiger partial charge in [-0.05, 0) is 12.1 Å². The molecule has 11 heteroatoms. The fourth-order valence-electron chi connectivity index (χ4n) is 2.67. The standard InChI is InChI=1S/C13H14Cl2N2O6S/c1-24(21,22)13-16-7-2-5(14)6(15)3-8(7)17(13)12-11(20)10(19)9(4-18)23-12/h2-3,9-12,18-20H,4H2,1H3/t9-,10-,11-,12?/m1/s1. The Kier molecular flexibility index (Phi) is 4.54. The van der Waals surface area contributed by atoms with Crippen molar-refractivity contribution in [2.24, 2.45) is 0 Å². The molecule has 0 saturated carbocycles. The van der Waals surface area contributed by atoms with Gasteiger partial charge in [-0.15, -0.1) is 0 Å². The zero-order chi connectivity index (χ0) is 17.8. The third-order valence-electron chi connectivity index (χ3n) is 3.80. The highest BCUT2D eigenvalue weighted by Crippen LogP contribution is 2.36. The lowest BCUT2D eigenvalue weighted by molar-refractivity contribution is -0.0548. The summed E-state index contributed by atoms with van der Waals surface area (Å²) < 4.78 is 30.7. The van der Waals surface area contributed by atoms with Crippen molar-refractivity contribution >= 4 is 44.1 Å². The highest BCUT2D eigenvalue weighted by molar-refractivity contribution is 7.90. The van der Waals surface area contributed by atoms with Crippen molar-refractivity contribution in [3.8, 4) is 0 Å². The van der Waals surface area contributed by atoms with Crippen LogP contribution in [0.25, 0.3) is 11.0 Å². The van der Waals surface area contributed by atoms with Crippen molar-refractivity contribution in [3.05, 3.63) is 22.2 Å². The lowest BCUT2D eigenvalue weighted by Crippen LogP contribution is -2.33. The number of imidazole rings is 1. The van der Waals surface area contributed by atoms with E-state index in [-0.39, 0.29) is 26.2 Å². The average Bonchev–Trinajstić information content (AvgIpc) is 2.98. The van der Waals surface area contributed by atoms with E-state index < -0.39 is 41.0 Å². The van der Waals surface area contributed by atoms with Gasteiger partial charge in [-0.25, -0.2) is 13.4 Å². The summed E-state index contributed by atoms with van der Waals surface area (Å²) in [5.74, 6) is 0. The molecule has 4 atom stereocenters. The Morgan fingerprint density at radius 2 is 1.88 bits per heavy atom. The number of aromatic nitrogens is 2. The molecule has 0 bridgehead atoms. The minimum Gasteiger partial charge on any atom is -0.394 e. The first-order chi connectivity index (χ1) is 11.1. The second kappa shape index (κ2) is 6.10. The van der Waals surface area contributed by atoms with Crippen LogP contribution in [0.5, 0.6) is 0 Å². The number of sulfone groups is 1. The lowest BCUT2D eigenvalue weighted by Gasteiger charge is -2.19. The maximum atomic E-state index is 12.1. The van der Waals surface area contributed by atoms with Crippen LogP contribution in [0.4, 0.5) is 0 Å². The van der Waals surface area contributed by atoms with Gasteiger partial charge in [-0.2, -0.15) is 0 Å². The van der Waals surface area contributed by atoms with Gasteiger partial charge in [0.25, 0.3) is 0 Å². The Morgan fingerprint density at radius 1 is 1.25 bits per heavy atom. The molecule has 2 aromatic rings. The molecule has 3 rings (SSSR count). The molecule has 2 heterocycles. The third kappa shape index (κ3) is 2.80. The number of ether oxygens (including phenoxy) is 1. The number of aliphatic hydroxyl groups excluding tert-OH is 3. The monoisotopic (exact) mass is 396 g/mol. The highest BCUT2D eigenvalue weighted by Gasteiger charge is 2.45. The molecular weight excluding hydrogens is 383 g/mol. The Morgan fingerprint density at radius 3 is 2.42 bits per heavy atom. The normalized spacial score (nSPS) is 27.9. The summed E-state index contributed by atoms with van der Waals surface area (Å²) in [6.45, 7) is -0.540. The maximum absolute atomic E-state index is 12.1. The molecule has 24 heavy (non-hydrogen) atoms. The van der Waals surface area contributed by atoms with Crippen LogP contribution >= 0.6 is 23.2 Å². The molecule has 8 nitrogen and oxygen atoms in total. The first kappa shape index (κ1) is 17.9. The second-order valence-corrected chi connectivity index (χ2v) is 8.24. The smallest absolute Gasteiger partial charge is 0.230 e. The molecular formula is C13H14Cl2N2O6S. The molecule has 0 aliphatic carbocycles. The molecule has 1 fully saturated rings. The van der Waals surface area contributed by atoms with E-state index >= 15 is 0 Å². The van der Waals surface area contributed by atoms with Crippen molar-refractivity contribution in [2.75, 3.05) is 12.9 Å². The van der Waals surface area contributed by atoms with Crippen LogP contribution in [0, 0.1) is 0 Å². The number of hydrogen-bond acceptors (Lipinski definition) is 7. The minimum atomic E-state index is -3.79. The van der Waals surface area contributed by atoms with Crippen LogP contribution in [0.3, 0.4) is 0 Å². The van der Waals surface area contributed by atoms with E-state index in [0.717, 1.165) is 10.8 Å². The van der Waals surface area contributed by atoms with Crippen LogP contribution in [0.1, 0.15) is 6.23 Å². The van der Waals surface area contributed by atoms with Gasteiger partial charge in [0.15, 0.2) is 6.23 Å². The molecule has 1 aromatic heterocycles. The van der Waals surface area contributed by atoms with Gasteiger partial charge >= 0.3 is 0 Å². The predicted molar refractivity (Wildman–Crippen MR) is 85.9 cm³/mol. The van der Waals surface area contributed by atoms with Gasteiger partial charge < -0.3 is 20.1 Å². The number of fused-ring (bicyclic) bond motifs is 1. The van der Waals surface area contributed by atoms with E-state index in [0.29, 0.717) is 0 Å². The SMILES string of the molecule is CS(=O)(=O)c1nc2cc(Cl)c(Cl)cc2n1C1O[C@H](CO)[C@@H](O)[C@H]1O. The van der Waals surface area contributed by atoms with Crippen molar-refractivity contribution in [3.63, 3.8) is 0 Å². The summed E-state index contributed by atoms with van der Waals surface area (Å²) in [6.07, 6.45) is -4.21. The third-order valence-corrected chi connectivity index (χ3v) is 5.48. The van der Waals surface area contributed by atoms with Gasteiger partial charge in [-0.1, -0.05) is 23.2 Å². The summed E-state index contributed by atoms with van der Waals surface area (Å²) in [5.41, 5.74) is 0.502. The molecule has 1 aliphatic heterocycles. The number of aliphatic hydroxyl groups is 3. The summed E-state index contributed by atoms with van der Waals surface area (Å²) >= 11 is 11.9. The van der Waals surface area contributed by atoms with Crippen LogP contribution in [-0.4, -0.2) is 64.5 Å². The molecule has 0 spiro atoms. The van der Waals surface area contributed by atoms with Crippen molar-refractivity contribution in [1.82, 2.24) is 9.55 Å². The second-order valence-electron chi connectivity index (χ2n) is 5.52. The average molecular weight is 397 g/mol. The molecule has 1 aromatic carbocycles. The van der Waals surface area contributed by atoms with E-state index in [1.54, 1.807) is 0 Å². The fourth-order valence-corrected chi connectivity index (χ4v) is 3.81. The Bertz CT molecular complexity index is 899. The topological polar surface area (TPSA) is 122 Å². The molecule has 132 valence electrons. The maximum Gasteiger partial charge on any atom is 0.230 e. The van der Waals surface area contributed by atoms with Crippen LogP contribution in [0.15, 0.2) is 17.3 Å². The van der Waals surface area contributed by atoms with Crippen molar-refractivity contribution in [1.29, 1.82) is 0 Å². The van der Waals surface area contributed by atoms with E-state index in [4.69, 9.17) is 27.9 Å². The summed E-state index contributed by atoms with van der Waals surface area (Å²) in [5, 5.41) is 29.3. The molecule has 1 saturated heterocycles. The zero-order valence-electron chi connectivity index (χ0n) is 12.3. The predicted octanol–water partition coefficient (Wildman–Crippen LogP) is 0.358. The molecule has 3 N–H and O–H groups in total. The quantitative estimate of drug-likeness (QED) is 0.684. The molecule has 1 aliphatic rings. The van der Waals surface area contributed by atoms with Crippen LogP contribution in [0.2, 0.25) is 10.0 Å². The first-order valence-electron chi connectivity index (χ1n) is 6.84. The van der Waals surface area contributed by atoms with Gasteiger partial charge in [0.1, 0.15) is 18.3 Å². The largest absolute Gasteiger partial charge is 0.394 e. The molecule has 0 radical (unpaired) electrons. The molecule has 0 amide bonds. The Balaban J connectivity index is 2.28. The van der Waals surface area contributed by atoms with Crippen LogP contribution < -0.4 is 0 Å². The Labute approximate surface area is 147 Å². The van der Waals surface area contributed by atoms with Crippen LogP contribution in [-0.2, 0) is 14.6 Å². The van der Waals surface area contributed by atoms with E-state index in [2.05, 4.69) is 4.98 Å². The van der Waals surface area contributed by atoms with Gasteiger partial charge in [0.2, 0.25) is 15.0 Å². The van der Waals surface area contributed by atoms with E-state index in [1.807, 2.05) is 0 Å². The van der Waals surface area contributed by atoms with Gasteiger partial charge in [0.05, 0.1) is 27.7 Å². The zero-order valence-corrected chi connectivity index (χ0v) is 14.6. The van der Waals surface area contributed by atoms with Crippen molar-refractivity contribution < 1.29 is 28.5 Å². The van der Waals surface area contributed by atoms with E-state index in [1.165, 1.54) is 12.1 Å². The Hall–Kier alpha value is -0.940. The van der Waals surface area contributed by atoms with Gasteiger partial charge in [-0.3, -0.25) is 4.57 Å². The number of nitrogens with zero attached hydrogens (tertiary/aromatic N) is 2. The minimum absolute atomic E-state index is 0.164. The summed E-state index contributed by atoms with van der Waals surface area (Å²) in [7, 11) is -3.79. The van der Waals surface area contributed by atoms with Gasteiger partial charge in [0, 0.05) is 6.26 Å². The first-order valence-corrected chi connectivity index (χ1v) is 9.49. The fraction of sp³-hybridized carbons (Fsp3) is 0.462. The molecule has 1 unspecified atom stereocenters. The summed E-state index contributed by atoms with van der Waals surface area (Å²) in [6, 6.07) is 2.79. The summed E-state index contributed by atoms with van der Waals surface area (Å²) in [4.78, 5) is 4.04.